The van der Waals surface area contributed by atoms with Crippen LogP contribution in [0.5, 0.6) is 5.75 Å². The molecule has 35 heavy (non-hydrogen) atoms. The standard InChI is InChI=1S/C25H29N7O3/c1-5-23(33)27-17-9-8-10-18(15-17)28-25(34)31-22-13-14-26-24(30-22)29-20-12-11-19(16-21(20)35-4)32(6-2)7-3/h5,8-16H,1,6-7H2,2-4H3,(H,27,33)(H3,26,28,29,30,31,34). The number of anilines is 6. The number of nitrogens with one attached hydrogen (secondary N) is 4. The van der Waals surface area contributed by atoms with Crippen molar-refractivity contribution >= 4 is 46.5 Å². The van der Waals surface area contributed by atoms with Crippen LogP contribution >= 0.6 is 0 Å². The molecular weight excluding hydrogens is 446 g/mol. The molecule has 10 nitrogen and oxygen atoms in total. The number of methoxy groups -OCH3 is 1. The lowest BCUT2D eigenvalue weighted by Gasteiger charge is -2.22. The van der Waals surface area contributed by atoms with Crippen LogP contribution in [0.15, 0.2) is 67.4 Å². The first-order chi connectivity index (χ1) is 16.9. The van der Waals surface area contributed by atoms with Gasteiger partial charge in [0.1, 0.15) is 11.6 Å². The van der Waals surface area contributed by atoms with Crippen molar-refractivity contribution in [3.05, 3.63) is 67.4 Å². The van der Waals surface area contributed by atoms with Gasteiger partial charge in [0.2, 0.25) is 11.9 Å². The van der Waals surface area contributed by atoms with Crippen LogP contribution in [-0.2, 0) is 4.79 Å². The molecule has 0 unspecified atom stereocenters. The molecule has 0 radical (unpaired) electrons. The van der Waals surface area contributed by atoms with Gasteiger partial charge in [-0.15, -0.1) is 0 Å². The molecule has 3 rings (SSSR count). The molecule has 0 aliphatic heterocycles. The first-order valence-electron chi connectivity index (χ1n) is 11.1. The van der Waals surface area contributed by atoms with E-state index in [4.69, 9.17) is 4.74 Å². The van der Waals surface area contributed by atoms with Crippen molar-refractivity contribution in [3.8, 4) is 5.75 Å². The van der Waals surface area contributed by atoms with E-state index in [9.17, 15) is 9.59 Å². The summed E-state index contributed by atoms with van der Waals surface area (Å²) >= 11 is 0. The van der Waals surface area contributed by atoms with Crippen molar-refractivity contribution < 1.29 is 14.3 Å². The van der Waals surface area contributed by atoms with Gasteiger partial charge in [-0.2, -0.15) is 4.98 Å². The van der Waals surface area contributed by atoms with Gasteiger partial charge in [-0.05, 0) is 56.3 Å². The molecule has 0 atom stereocenters. The molecule has 1 aromatic heterocycles. The maximum absolute atomic E-state index is 12.5. The first kappa shape index (κ1) is 25.0. The Labute approximate surface area is 204 Å². The minimum Gasteiger partial charge on any atom is -0.494 e. The summed E-state index contributed by atoms with van der Waals surface area (Å²) < 4.78 is 5.54. The number of hydrogen-bond acceptors (Lipinski definition) is 7. The second-order valence-corrected chi connectivity index (χ2v) is 7.30. The molecule has 0 saturated heterocycles. The number of amides is 3. The number of aromatic nitrogens is 2. The third kappa shape index (κ3) is 6.94. The van der Waals surface area contributed by atoms with Gasteiger partial charge >= 0.3 is 6.03 Å². The Bertz CT molecular complexity index is 1200. The SMILES string of the molecule is C=CC(=O)Nc1cccc(NC(=O)Nc2ccnc(Nc3ccc(N(CC)CC)cc3OC)n2)c1. The number of carbonyl (C=O) groups is 2. The Morgan fingerprint density at radius 3 is 2.46 bits per heavy atom. The summed E-state index contributed by atoms with van der Waals surface area (Å²) in [4.78, 5) is 34.7. The lowest BCUT2D eigenvalue weighted by molar-refractivity contribution is -0.111. The number of carbonyl (C=O) groups excluding carboxylic acids is 2. The Morgan fingerprint density at radius 2 is 1.77 bits per heavy atom. The quantitative estimate of drug-likeness (QED) is 0.310. The van der Waals surface area contributed by atoms with Crippen LogP contribution in [0.3, 0.4) is 0 Å². The predicted octanol–water partition coefficient (Wildman–Crippen LogP) is 4.84. The van der Waals surface area contributed by atoms with Crippen LogP contribution in [0.1, 0.15) is 13.8 Å². The van der Waals surface area contributed by atoms with E-state index in [1.54, 1.807) is 37.4 Å². The molecule has 0 fully saturated rings. The van der Waals surface area contributed by atoms with Gasteiger partial charge in [0.05, 0.1) is 12.8 Å². The molecule has 0 saturated carbocycles. The highest BCUT2D eigenvalue weighted by Crippen LogP contribution is 2.31. The van der Waals surface area contributed by atoms with Gasteiger partial charge < -0.3 is 25.6 Å². The number of ether oxygens (including phenoxy) is 1. The van der Waals surface area contributed by atoms with Crippen LogP contribution < -0.4 is 30.9 Å². The van der Waals surface area contributed by atoms with E-state index in [-0.39, 0.29) is 5.91 Å². The fourth-order valence-electron chi connectivity index (χ4n) is 3.32. The first-order valence-corrected chi connectivity index (χ1v) is 11.1. The van der Waals surface area contributed by atoms with Crippen molar-refractivity contribution in [1.82, 2.24) is 9.97 Å². The van der Waals surface area contributed by atoms with Crippen molar-refractivity contribution in [2.75, 3.05) is 46.4 Å². The van der Waals surface area contributed by atoms with E-state index >= 15 is 0 Å². The molecule has 0 aliphatic carbocycles. The number of benzene rings is 2. The number of rotatable bonds is 10. The number of hydrogen-bond donors (Lipinski definition) is 4. The fourth-order valence-corrected chi connectivity index (χ4v) is 3.32. The number of nitrogens with zero attached hydrogens (tertiary/aromatic N) is 3. The zero-order chi connectivity index (χ0) is 25.2. The highest BCUT2D eigenvalue weighted by atomic mass is 16.5. The average molecular weight is 476 g/mol. The van der Waals surface area contributed by atoms with Crippen molar-refractivity contribution in [2.45, 2.75) is 13.8 Å². The summed E-state index contributed by atoms with van der Waals surface area (Å²) in [7, 11) is 1.60. The van der Waals surface area contributed by atoms with Gasteiger partial charge in [-0.3, -0.25) is 10.1 Å². The molecule has 10 heteroatoms. The van der Waals surface area contributed by atoms with Gasteiger partial charge in [-0.1, -0.05) is 12.6 Å². The van der Waals surface area contributed by atoms with Gasteiger partial charge in [-0.25, -0.2) is 9.78 Å². The third-order valence-electron chi connectivity index (χ3n) is 5.03. The molecule has 3 aromatic rings. The average Bonchev–Trinajstić information content (AvgIpc) is 2.85. The minimum atomic E-state index is -0.497. The van der Waals surface area contributed by atoms with Gasteiger partial charge in [0, 0.05) is 42.4 Å². The largest absolute Gasteiger partial charge is 0.494 e. The van der Waals surface area contributed by atoms with Crippen LogP contribution in [-0.4, -0.2) is 42.1 Å². The van der Waals surface area contributed by atoms with E-state index in [1.165, 1.54) is 12.3 Å². The van der Waals surface area contributed by atoms with Crippen molar-refractivity contribution in [3.63, 3.8) is 0 Å². The van der Waals surface area contributed by atoms with Crippen LogP contribution in [0, 0.1) is 0 Å². The predicted molar refractivity (Wildman–Crippen MR) is 140 cm³/mol. The monoisotopic (exact) mass is 475 g/mol. The maximum atomic E-state index is 12.5. The minimum absolute atomic E-state index is 0.297. The normalized spacial score (nSPS) is 10.1. The third-order valence-corrected chi connectivity index (χ3v) is 5.03. The summed E-state index contributed by atoms with van der Waals surface area (Å²) in [5.41, 5.74) is 2.78. The van der Waals surface area contributed by atoms with E-state index in [1.807, 2.05) is 18.2 Å². The highest BCUT2D eigenvalue weighted by molar-refractivity contribution is 6.01. The fraction of sp³-hybridized carbons (Fsp3) is 0.200. The smallest absolute Gasteiger partial charge is 0.324 e. The zero-order valence-corrected chi connectivity index (χ0v) is 20.0. The topological polar surface area (TPSA) is 121 Å². The van der Waals surface area contributed by atoms with E-state index < -0.39 is 6.03 Å². The van der Waals surface area contributed by atoms with Crippen molar-refractivity contribution in [1.29, 1.82) is 0 Å². The van der Waals surface area contributed by atoms with Crippen LogP contribution in [0.2, 0.25) is 0 Å². The van der Waals surface area contributed by atoms with Crippen LogP contribution in [0.4, 0.5) is 39.3 Å². The van der Waals surface area contributed by atoms with E-state index in [2.05, 4.69) is 56.6 Å². The molecule has 2 aromatic carbocycles. The number of urea groups is 1. The van der Waals surface area contributed by atoms with Gasteiger partial charge in [0.25, 0.3) is 0 Å². The summed E-state index contributed by atoms with van der Waals surface area (Å²) in [6.07, 6.45) is 2.70. The highest BCUT2D eigenvalue weighted by Gasteiger charge is 2.11. The van der Waals surface area contributed by atoms with E-state index in [0.29, 0.717) is 34.6 Å². The molecule has 182 valence electrons. The van der Waals surface area contributed by atoms with Gasteiger partial charge in [0.15, 0.2) is 0 Å². The molecular formula is C25H29N7O3. The zero-order valence-electron chi connectivity index (χ0n) is 20.0. The molecule has 1 heterocycles. The lowest BCUT2D eigenvalue weighted by Crippen LogP contribution is -2.21. The summed E-state index contributed by atoms with van der Waals surface area (Å²) in [5.74, 6) is 0.908. The second kappa shape index (κ2) is 12.0. The Kier molecular flexibility index (Phi) is 8.60. The van der Waals surface area contributed by atoms with Crippen molar-refractivity contribution in [2.24, 2.45) is 0 Å². The summed E-state index contributed by atoms with van der Waals surface area (Å²) in [5, 5.41) is 11.2. The Morgan fingerprint density at radius 1 is 1.03 bits per heavy atom. The second-order valence-electron chi connectivity index (χ2n) is 7.30. The molecule has 0 aliphatic rings. The molecule has 0 spiro atoms. The summed E-state index contributed by atoms with van der Waals surface area (Å²) in [6, 6.07) is 13.7. The Hall–Kier alpha value is -4.60. The van der Waals surface area contributed by atoms with E-state index in [0.717, 1.165) is 18.8 Å². The Balaban J connectivity index is 1.67. The lowest BCUT2D eigenvalue weighted by atomic mass is 10.2. The molecule has 0 bridgehead atoms. The molecule has 4 N–H and O–H groups in total. The summed E-state index contributed by atoms with van der Waals surface area (Å²) in [6.45, 7) is 9.39. The van der Waals surface area contributed by atoms with Crippen LogP contribution in [0.25, 0.3) is 0 Å². The maximum Gasteiger partial charge on any atom is 0.324 e. The molecule has 3 amide bonds.